The van der Waals surface area contributed by atoms with Crippen molar-refractivity contribution >= 4 is 107 Å². The summed E-state index contributed by atoms with van der Waals surface area (Å²) in [5.41, 5.74) is 12.1. The predicted molar refractivity (Wildman–Crippen MR) is 271 cm³/mol. The summed E-state index contributed by atoms with van der Waals surface area (Å²) in [4.78, 5) is 0. The van der Waals surface area contributed by atoms with Gasteiger partial charge in [0.2, 0.25) is 0 Å². The van der Waals surface area contributed by atoms with Crippen LogP contribution < -0.4 is 0 Å². The van der Waals surface area contributed by atoms with Crippen molar-refractivity contribution in [3.63, 3.8) is 0 Å². The van der Waals surface area contributed by atoms with E-state index in [4.69, 9.17) is 0 Å². The number of hydrogen-bond acceptors (Lipinski definition) is 1. The number of aromatic nitrogens is 2. The Morgan fingerprint density at radius 2 is 0.794 bits per heavy atom. The second-order valence-electron chi connectivity index (χ2n) is 16.8. The number of benzene rings is 11. The van der Waals surface area contributed by atoms with Crippen LogP contribution in [0.1, 0.15) is 0 Å². The molecule has 0 atom stereocenters. The molecular formula is C60H36N2S. The molecule has 3 heteroatoms. The van der Waals surface area contributed by atoms with Crippen molar-refractivity contribution in [2.24, 2.45) is 0 Å². The fraction of sp³-hybridized carbons (Fsp3) is 0. The van der Waals surface area contributed by atoms with Gasteiger partial charge in [0.05, 0.1) is 27.8 Å². The van der Waals surface area contributed by atoms with E-state index in [-0.39, 0.29) is 0 Å². The maximum absolute atomic E-state index is 2.51. The Balaban J connectivity index is 1.01. The number of fused-ring (bicyclic) bond motifs is 15. The number of hydrogen-bond donors (Lipinski definition) is 0. The molecule has 3 heterocycles. The zero-order chi connectivity index (χ0) is 41.2. The van der Waals surface area contributed by atoms with Crippen LogP contribution >= 0.6 is 11.3 Å². The first-order chi connectivity index (χ1) is 31.3. The van der Waals surface area contributed by atoms with Gasteiger partial charge in [0.25, 0.3) is 0 Å². The number of rotatable bonds is 4. The van der Waals surface area contributed by atoms with E-state index in [0.717, 1.165) is 0 Å². The molecule has 11 aromatic carbocycles. The highest BCUT2D eigenvalue weighted by Crippen LogP contribution is 2.45. The summed E-state index contributed by atoms with van der Waals surface area (Å²) >= 11 is 1.89. The zero-order valence-corrected chi connectivity index (χ0v) is 34.9. The van der Waals surface area contributed by atoms with Crippen LogP contribution in [0.3, 0.4) is 0 Å². The summed E-state index contributed by atoms with van der Waals surface area (Å²) in [5, 5.41) is 15.3. The van der Waals surface area contributed by atoms with E-state index < -0.39 is 0 Å². The normalized spacial score (nSPS) is 12.1. The molecule has 63 heavy (non-hydrogen) atoms. The van der Waals surface area contributed by atoms with Crippen molar-refractivity contribution < 1.29 is 0 Å². The molecule has 0 aliphatic carbocycles. The minimum atomic E-state index is 1.17. The molecule has 0 unspecified atom stereocenters. The Morgan fingerprint density at radius 1 is 0.286 bits per heavy atom. The van der Waals surface area contributed by atoms with E-state index in [9.17, 15) is 0 Å². The summed E-state index contributed by atoms with van der Waals surface area (Å²) in [6, 6.07) is 81.0. The monoisotopic (exact) mass is 816 g/mol. The molecular weight excluding hydrogens is 781 g/mol. The Bertz CT molecular complexity index is 4200. The van der Waals surface area contributed by atoms with E-state index in [1.54, 1.807) is 0 Å². The van der Waals surface area contributed by atoms with E-state index in [1.165, 1.54) is 130 Å². The Morgan fingerprint density at radius 3 is 1.54 bits per heavy atom. The zero-order valence-electron chi connectivity index (χ0n) is 34.1. The minimum Gasteiger partial charge on any atom is -0.309 e. The van der Waals surface area contributed by atoms with Gasteiger partial charge < -0.3 is 9.13 Å². The number of thiophene rings is 1. The number of nitrogens with zero attached hydrogens (tertiary/aromatic N) is 2. The summed E-state index contributed by atoms with van der Waals surface area (Å²) < 4.78 is 7.56. The molecule has 0 saturated heterocycles. The lowest BCUT2D eigenvalue weighted by molar-refractivity contribution is 1.18. The van der Waals surface area contributed by atoms with Crippen LogP contribution in [0.5, 0.6) is 0 Å². The maximum atomic E-state index is 2.51. The van der Waals surface area contributed by atoms with Gasteiger partial charge >= 0.3 is 0 Å². The van der Waals surface area contributed by atoms with Gasteiger partial charge in [-0.25, -0.2) is 0 Å². The van der Waals surface area contributed by atoms with Crippen molar-refractivity contribution in [1.29, 1.82) is 0 Å². The van der Waals surface area contributed by atoms with Crippen molar-refractivity contribution in [3.8, 4) is 33.6 Å². The van der Waals surface area contributed by atoms with Gasteiger partial charge in [0.1, 0.15) is 0 Å². The number of para-hydroxylation sites is 3. The SMILES string of the molecule is c1ccc(-n2c3ccccc3c3cc(-c4ccc5c(c4)c4ccccc4n5-c4cccc5c6ccccc6c6ccc(-c7cccc8c7sc7ccccc78)cc6c45)ccc32)cc1. The van der Waals surface area contributed by atoms with Gasteiger partial charge in [-0.1, -0.05) is 152 Å². The lowest BCUT2D eigenvalue weighted by atomic mass is 9.91. The molecule has 0 aliphatic heterocycles. The summed E-state index contributed by atoms with van der Waals surface area (Å²) in [5.74, 6) is 0. The molecule has 292 valence electrons. The van der Waals surface area contributed by atoms with Gasteiger partial charge in [-0.15, -0.1) is 11.3 Å². The van der Waals surface area contributed by atoms with Crippen LogP contribution in [0, 0.1) is 0 Å². The summed E-state index contributed by atoms with van der Waals surface area (Å²) in [6.07, 6.45) is 0. The standard InChI is InChI=1S/C60H36N2S/c1-2-14-40(15-3-1)61-53-24-9-6-18-45(53)50-34-37(29-32-55(50)61)38-30-33-56-51(35-38)46-19-7-10-25-54(46)62(56)57-26-13-22-48-43-17-5-4-16-42(43)44-31-28-39(36-52(44)59(48)57)41-21-12-23-49-47-20-8-11-27-58(47)63-60(41)49/h1-36H. The van der Waals surface area contributed by atoms with Crippen LogP contribution in [0.4, 0.5) is 0 Å². The quantitative estimate of drug-likeness (QED) is 0.157. The van der Waals surface area contributed by atoms with Crippen molar-refractivity contribution in [2.45, 2.75) is 0 Å². The third-order valence-electron chi connectivity index (χ3n) is 13.5. The molecule has 0 N–H and O–H groups in total. The molecule has 2 nitrogen and oxygen atoms in total. The highest BCUT2D eigenvalue weighted by molar-refractivity contribution is 7.26. The van der Waals surface area contributed by atoms with Crippen LogP contribution in [0.25, 0.3) is 130 Å². The third-order valence-corrected chi connectivity index (χ3v) is 14.7. The molecule has 14 rings (SSSR count). The molecule has 0 fully saturated rings. The largest absolute Gasteiger partial charge is 0.309 e. The van der Waals surface area contributed by atoms with Gasteiger partial charge in [-0.2, -0.15) is 0 Å². The smallest absolute Gasteiger partial charge is 0.0547 e. The molecule has 0 amide bonds. The van der Waals surface area contributed by atoms with Crippen molar-refractivity contribution in [1.82, 2.24) is 9.13 Å². The Labute approximate surface area is 366 Å². The van der Waals surface area contributed by atoms with E-state index in [0.29, 0.717) is 0 Å². The first-order valence-corrected chi connectivity index (χ1v) is 22.5. The topological polar surface area (TPSA) is 9.86 Å². The first-order valence-electron chi connectivity index (χ1n) is 21.7. The molecule has 0 aliphatic rings. The average molecular weight is 817 g/mol. The van der Waals surface area contributed by atoms with Gasteiger partial charge in [-0.05, 0) is 116 Å². The van der Waals surface area contributed by atoms with Crippen LogP contribution in [-0.2, 0) is 0 Å². The highest BCUT2D eigenvalue weighted by atomic mass is 32.1. The minimum absolute atomic E-state index is 1.17. The predicted octanol–water partition coefficient (Wildman–Crippen LogP) is 17.0. The molecule has 0 saturated carbocycles. The molecule has 0 radical (unpaired) electrons. The van der Waals surface area contributed by atoms with Gasteiger partial charge in [0, 0.05) is 52.8 Å². The Hall–Kier alpha value is -7.98. The Kier molecular flexibility index (Phi) is 7.30. The second kappa shape index (κ2) is 13.3. The summed E-state index contributed by atoms with van der Waals surface area (Å²) in [6.45, 7) is 0. The van der Waals surface area contributed by atoms with Crippen molar-refractivity contribution in [3.05, 3.63) is 218 Å². The maximum Gasteiger partial charge on any atom is 0.0547 e. The van der Waals surface area contributed by atoms with E-state index >= 15 is 0 Å². The fourth-order valence-electron chi connectivity index (χ4n) is 10.7. The first kappa shape index (κ1) is 34.7. The van der Waals surface area contributed by atoms with Gasteiger partial charge in [0.15, 0.2) is 0 Å². The van der Waals surface area contributed by atoms with Crippen LogP contribution in [0.15, 0.2) is 218 Å². The van der Waals surface area contributed by atoms with E-state index in [2.05, 4.69) is 228 Å². The average Bonchev–Trinajstić information content (AvgIpc) is 4.01. The second-order valence-corrected chi connectivity index (χ2v) is 17.8. The lowest BCUT2D eigenvalue weighted by Crippen LogP contribution is -1.97. The molecule has 14 aromatic rings. The van der Waals surface area contributed by atoms with Gasteiger partial charge in [-0.3, -0.25) is 0 Å². The summed E-state index contributed by atoms with van der Waals surface area (Å²) in [7, 11) is 0. The van der Waals surface area contributed by atoms with Crippen molar-refractivity contribution in [2.75, 3.05) is 0 Å². The fourth-order valence-corrected chi connectivity index (χ4v) is 12.0. The molecule has 3 aromatic heterocycles. The molecule has 0 bridgehead atoms. The lowest BCUT2D eigenvalue weighted by Gasteiger charge is -2.17. The van der Waals surface area contributed by atoms with Crippen LogP contribution in [0.2, 0.25) is 0 Å². The third kappa shape index (κ3) is 5.00. The van der Waals surface area contributed by atoms with Crippen LogP contribution in [-0.4, -0.2) is 9.13 Å². The van der Waals surface area contributed by atoms with E-state index in [1.807, 2.05) is 11.3 Å². The molecule has 0 spiro atoms. The highest BCUT2D eigenvalue weighted by Gasteiger charge is 2.20.